The molecule has 0 aliphatic carbocycles. The van der Waals surface area contributed by atoms with Crippen LogP contribution in [0.2, 0.25) is 0 Å². The molecule has 2 aromatic rings. The fourth-order valence-corrected chi connectivity index (χ4v) is 2.04. The lowest BCUT2D eigenvalue weighted by Crippen LogP contribution is -2.35. The monoisotopic (exact) mass is 346 g/mol. The van der Waals surface area contributed by atoms with Gasteiger partial charge in [0.15, 0.2) is 11.4 Å². The van der Waals surface area contributed by atoms with Crippen LogP contribution in [0.25, 0.3) is 5.69 Å². The van der Waals surface area contributed by atoms with Crippen molar-refractivity contribution in [1.82, 2.24) is 20.3 Å². The number of carbonyl (C=O) groups is 1. The van der Waals surface area contributed by atoms with E-state index >= 15 is 0 Å². The lowest BCUT2D eigenvalue weighted by atomic mass is 10.2. The van der Waals surface area contributed by atoms with Crippen molar-refractivity contribution in [3.05, 3.63) is 41.5 Å². The van der Waals surface area contributed by atoms with Gasteiger partial charge in [-0.05, 0) is 25.5 Å². The van der Waals surface area contributed by atoms with Gasteiger partial charge in [-0.3, -0.25) is 4.79 Å². The number of aliphatic hydroxyl groups excluding tert-OH is 1. The van der Waals surface area contributed by atoms with Gasteiger partial charge >= 0.3 is 6.18 Å². The zero-order valence-electron chi connectivity index (χ0n) is 12.5. The highest BCUT2D eigenvalue weighted by Crippen LogP contribution is 2.33. The van der Waals surface area contributed by atoms with E-state index in [2.05, 4.69) is 15.6 Å². The van der Waals surface area contributed by atoms with E-state index in [1.807, 2.05) is 0 Å². The summed E-state index contributed by atoms with van der Waals surface area (Å²) in [5.74, 6) is -2.04. The van der Waals surface area contributed by atoms with E-state index in [0.717, 1.165) is 12.1 Å². The van der Waals surface area contributed by atoms with Crippen molar-refractivity contribution < 1.29 is 27.5 Å². The Balaban J connectivity index is 2.48. The fourth-order valence-electron chi connectivity index (χ4n) is 2.04. The Bertz CT molecular complexity index is 730. The number of benzene rings is 1. The third-order valence-electron chi connectivity index (χ3n) is 3.17. The van der Waals surface area contributed by atoms with Gasteiger partial charge in [0.05, 0.1) is 0 Å². The van der Waals surface area contributed by atoms with Gasteiger partial charge in [0.25, 0.3) is 5.91 Å². The molecular formula is C14H14F4N4O2. The summed E-state index contributed by atoms with van der Waals surface area (Å²) in [5.41, 5.74) is -2.91. The summed E-state index contributed by atoms with van der Waals surface area (Å²) in [6, 6.07) is 4.15. The number of halogens is 4. The molecule has 0 radical (unpaired) electrons. The van der Waals surface area contributed by atoms with Gasteiger partial charge in [0.2, 0.25) is 0 Å². The van der Waals surface area contributed by atoms with Crippen LogP contribution in [0.5, 0.6) is 0 Å². The van der Waals surface area contributed by atoms with Crippen molar-refractivity contribution in [3.63, 3.8) is 0 Å². The van der Waals surface area contributed by atoms with Crippen molar-refractivity contribution in [2.45, 2.75) is 25.6 Å². The number of hydrogen-bond donors (Lipinski definition) is 2. The van der Waals surface area contributed by atoms with Crippen LogP contribution in [0.15, 0.2) is 24.3 Å². The normalized spacial score (nSPS) is 12.9. The van der Waals surface area contributed by atoms with Crippen LogP contribution in [0.3, 0.4) is 0 Å². The molecule has 6 nitrogen and oxygen atoms in total. The number of amides is 1. The van der Waals surface area contributed by atoms with Crippen LogP contribution >= 0.6 is 0 Å². The highest BCUT2D eigenvalue weighted by Gasteiger charge is 2.42. The first-order chi connectivity index (χ1) is 11.3. The molecule has 1 amide bonds. The molecule has 2 rings (SSSR count). The number of alkyl halides is 3. The molecule has 0 fully saturated rings. The van der Waals surface area contributed by atoms with E-state index in [4.69, 9.17) is 5.11 Å². The van der Waals surface area contributed by atoms with Gasteiger partial charge in [0, 0.05) is 12.6 Å². The number of aliphatic hydroxyl groups is 1. The average Bonchev–Trinajstić information content (AvgIpc) is 2.92. The number of nitrogens with zero attached hydrogens (tertiary/aromatic N) is 3. The molecule has 0 saturated carbocycles. The minimum Gasteiger partial charge on any atom is -0.396 e. The Hall–Kier alpha value is -2.49. The molecule has 2 N–H and O–H groups in total. The van der Waals surface area contributed by atoms with Gasteiger partial charge in [-0.25, -0.2) is 9.07 Å². The maximum Gasteiger partial charge on any atom is 0.435 e. The largest absolute Gasteiger partial charge is 0.435 e. The van der Waals surface area contributed by atoms with E-state index in [0.29, 0.717) is 0 Å². The summed E-state index contributed by atoms with van der Waals surface area (Å²) in [6.45, 7) is 1.28. The highest BCUT2D eigenvalue weighted by atomic mass is 19.4. The molecule has 130 valence electrons. The predicted octanol–water partition coefficient (Wildman–Crippen LogP) is 1.93. The van der Waals surface area contributed by atoms with E-state index in [1.54, 1.807) is 0 Å². The highest BCUT2D eigenvalue weighted by molar-refractivity contribution is 5.93. The van der Waals surface area contributed by atoms with Gasteiger partial charge in [-0.1, -0.05) is 17.3 Å². The summed E-state index contributed by atoms with van der Waals surface area (Å²) in [7, 11) is 0. The summed E-state index contributed by atoms with van der Waals surface area (Å²) < 4.78 is 54.1. The number of nitrogens with one attached hydrogen (secondary N) is 1. The Morgan fingerprint density at radius 2 is 2.04 bits per heavy atom. The van der Waals surface area contributed by atoms with Crippen molar-refractivity contribution in [1.29, 1.82) is 0 Å². The van der Waals surface area contributed by atoms with E-state index in [-0.39, 0.29) is 17.7 Å². The quantitative estimate of drug-likeness (QED) is 0.811. The van der Waals surface area contributed by atoms with Crippen molar-refractivity contribution in [2.75, 3.05) is 6.61 Å². The van der Waals surface area contributed by atoms with Crippen LogP contribution < -0.4 is 5.32 Å². The zero-order chi connectivity index (χ0) is 17.9. The first-order valence-corrected chi connectivity index (χ1v) is 6.95. The van der Waals surface area contributed by atoms with Crippen LogP contribution in [-0.2, 0) is 6.18 Å². The minimum absolute atomic E-state index is 0.161. The second-order valence-electron chi connectivity index (χ2n) is 5.03. The van der Waals surface area contributed by atoms with Gasteiger partial charge in [-0.2, -0.15) is 13.2 Å². The zero-order valence-corrected chi connectivity index (χ0v) is 12.5. The predicted molar refractivity (Wildman–Crippen MR) is 75.0 cm³/mol. The molecule has 1 aromatic carbocycles. The average molecular weight is 346 g/mol. The first kappa shape index (κ1) is 17.9. The molecule has 1 heterocycles. The van der Waals surface area contributed by atoms with Crippen LogP contribution in [0.1, 0.15) is 29.5 Å². The molecule has 1 aromatic heterocycles. The topological polar surface area (TPSA) is 80.0 Å². The molecular weight excluding hydrogens is 332 g/mol. The summed E-state index contributed by atoms with van der Waals surface area (Å²) in [5, 5.41) is 17.6. The Labute approximate surface area is 134 Å². The van der Waals surface area contributed by atoms with Crippen molar-refractivity contribution in [2.24, 2.45) is 0 Å². The number of hydrogen-bond acceptors (Lipinski definition) is 4. The number of para-hydroxylation sites is 1. The maximum atomic E-state index is 13.8. The molecule has 0 unspecified atom stereocenters. The van der Waals surface area contributed by atoms with E-state index < -0.39 is 41.0 Å². The molecule has 24 heavy (non-hydrogen) atoms. The minimum atomic E-state index is -4.97. The summed E-state index contributed by atoms with van der Waals surface area (Å²) in [4.78, 5) is 12.0. The lowest BCUT2D eigenvalue weighted by molar-refractivity contribution is -0.143. The van der Waals surface area contributed by atoms with Gasteiger partial charge < -0.3 is 10.4 Å². The molecule has 0 spiro atoms. The SMILES string of the molecule is C[C@H](CCO)NC(=O)c1nnn(-c2ccccc2F)c1C(F)(F)F. The summed E-state index contributed by atoms with van der Waals surface area (Å²) in [6.07, 6.45) is -4.81. The molecule has 0 aliphatic rings. The van der Waals surface area contributed by atoms with Gasteiger partial charge in [-0.15, -0.1) is 5.10 Å². The Kier molecular flexibility index (Phi) is 5.17. The Morgan fingerprint density at radius 3 is 2.62 bits per heavy atom. The van der Waals surface area contributed by atoms with Gasteiger partial charge in [0.1, 0.15) is 11.5 Å². The third-order valence-corrected chi connectivity index (χ3v) is 3.17. The van der Waals surface area contributed by atoms with Crippen molar-refractivity contribution in [3.8, 4) is 5.69 Å². The Morgan fingerprint density at radius 1 is 1.38 bits per heavy atom. The van der Waals surface area contributed by atoms with Crippen LogP contribution in [-0.4, -0.2) is 38.7 Å². The van der Waals surface area contributed by atoms with Crippen LogP contribution in [0, 0.1) is 5.82 Å². The molecule has 0 aliphatic heterocycles. The molecule has 0 bridgehead atoms. The summed E-state index contributed by atoms with van der Waals surface area (Å²) >= 11 is 0. The first-order valence-electron chi connectivity index (χ1n) is 6.95. The number of rotatable bonds is 5. The number of aromatic nitrogens is 3. The molecule has 10 heteroatoms. The van der Waals surface area contributed by atoms with E-state index in [1.165, 1.54) is 19.1 Å². The van der Waals surface area contributed by atoms with Crippen LogP contribution in [0.4, 0.5) is 17.6 Å². The number of carbonyl (C=O) groups excluding carboxylic acids is 1. The van der Waals surface area contributed by atoms with Crippen molar-refractivity contribution >= 4 is 5.91 Å². The second kappa shape index (κ2) is 6.95. The van der Waals surface area contributed by atoms with E-state index in [9.17, 15) is 22.4 Å². The lowest BCUT2D eigenvalue weighted by Gasteiger charge is -2.14. The third kappa shape index (κ3) is 3.70. The maximum absolute atomic E-state index is 13.8. The second-order valence-corrected chi connectivity index (χ2v) is 5.03. The smallest absolute Gasteiger partial charge is 0.396 e. The fraction of sp³-hybridized carbons (Fsp3) is 0.357. The standard InChI is InChI=1S/C14H14F4N4O2/c1-8(6-7-23)19-13(24)11-12(14(16,17)18)22(21-20-11)10-5-3-2-4-9(10)15/h2-5,8,23H,6-7H2,1H3,(H,19,24)/t8-/m1/s1. The molecule has 1 atom stereocenters. The molecule has 0 saturated heterocycles.